The number of rotatable bonds is 3. The molecule has 0 aromatic heterocycles. The number of esters is 1. The smallest absolute Gasteiger partial charge is 0.322 e. The van der Waals surface area contributed by atoms with Gasteiger partial charge in [0.15, 0.2) is 0 Å². The lowest BCUT2D eigenvalue weighted by Crippen LogP contribution is -2.12. The molecule has 0 spiro atoms. The van der Waals surface area contributed by atoms with Gasteiger partial charge in [-0.3, -0.25) is 4.79 Å². The molecule has 118 valence electrons. The van der Waals surface area contributed by atoms with Crippen molar-refractivity contribution in [2.75, 3.05) is 0 Å². The number of carbonyl (C=O) groups excluding carboxylic acids is 1. The molecule has 1 unspecified atom stereocenters. The topological polar surface area (TPSA) is 86.5 Å². The van der Waals surface area contributed by atoms with Crippen molar-refractivity contribution < 1.29 is 22.3 Å². The van der Waals surface area contributed by atoms with Crippen LogP contribution < -0.4 is 5.14 Å². The summed E-state index contributed by atoms with van der Waals surface area (Å²) in [7, 11) is -3.78. The van der Waals surface area contributed by atoms with E-state index in [0.717, 1.165) is 0 Å². The molecule has 0 amide bonds. The molecule has 3 rings (SSSR count). The summed E-state index contributed by atoms with van der Waals surface area (Å²) in [6, 6.07) is 11.4. The molecule has 1 aliphatic heterocycles. The Labute approximate surface area is 132 Å². The van der Waals surface area contributed by atoms with Gasteiger partial charge in [0.25, 0.3) is 0 Å². The van der Waals surface area contributed by atoms with Crippen LogP contribution >= 0.6 is 0 Å². The molecule has 1 aliphatic rings. The maximum absolute atomic E-state index is 13.0. The molecule has 2 aromatic rings. The zero-order chi connectivity index (χ0) is 16.6. The lowest BCUT2D eigenvalue weighted by Gasteiger charge is -2.12. The van der Waals surface area contributed by atoms with E-state index in [1.54, 1.807) is 12.1 Å². The number of benzene rings is 2. The third-order valence-corrected chi connectivity index (χ3v) is 4.50. The van der Waals surface area contributed by atoms with E-state index >= 15 is 0 Å². The molecule has 2 aromatic carbocycles. The number of nitrogens with two attached hydrogens (primary N) is 1. The Kier molecular flexibility index (Phi) is 3.75. The van der Waals surface area contributed by atoms with E-state index in [1.807, 2.05) is 0 Å². The van der Waals surface area contributed by atoms with Crippen molar-refractivity contribution in [1.29, 1.82) is 0 Å². The minimum absolute atomic E-state index is 0.0228. The second kappa shape index (κ2) is 5.60. The molecular formula is C16H12FNO4S. The molecule has 0 saturated heterocycles. The Morgan fingerprint density at radius 1 is 1.00 bits per heavy atom. The van der Waals surface area contributed by atoms with Crippen LogP contribution in [0.25, 0.3) is 5.57 Å². The van der Waals surface area contributed by atoms with Crippen molar-refractivity contribution >= 4 is 21.6 Å². The number of primary sulfonamides is 1. The number of halogens is 1. The van der Waals surface area contributed by atoms with Crippen LogP contribution in [-0.4, -0.2) is 14.4 Å². The highest BCUT2D eigenvalue weighted by atomic mass is 32.2. The molecule has 23 heavy (non-hydrogen) atoms. The highest BCUT2D eigenvalue weighted by Gasteiger charge is 2.32. The van der Waals surface area contributed by atoms with E-state index in [9.17, 15) is 17.6 Å². The average Bonchev–Trinajstić information content (AvgIpc) is 2.89. The van der Waals surface area contributed by atoms with Crippen LogP contribution in [0.1, 0.15) is 17.0 Å². The van der Waals surface area contributed by atoms with Crippen LogP contribution in [0.5, 0.6) is 0 Å². The molecule has 1 heterocycles. The molecule has 0 aliphatic carbocycles. The quantitative estimate of drug-likeness (QED) is 0.872. The Morgan fingerprint density at radius 2 is 1.61 bits per heavy atom. The maximum atomic E-state index is 13.0. The van der Waals surface area contributed by atoms with Crippen molar-refractivity contribution in [2.24, 2.45) is 5.14 Å². The first-order valence-corrected chi connectivity index (χ1v) is 8.20. The summed E-state index contributed by atoms with van der Waals surface area (Å²) in [5, 5.41) is 5.06. The molecule has 0 bridgehead atoms. The monoisotopic (exact) mass is 333 g/mol. The number of hydrogen-bond acceptors (Lipinski definition) is 4. The highest BCUT2D eigenvalue weighted by molar-refractivity contribution is 7.89. The first-order chi connectivity index (χ1) is 10.9. The summed E-state index contributed by atoms with van der Waals surface area (Å²) in [5.74, 6) is -1.55. The van der Waals surface area contributed by atoms with Gasteiger partial charge in [-0.25, -0.2) is 17.9 Å². The Morgan fingerprint density at radius 3 is 2.17 bits per heavy atom. The second-order valence-electron chi connectivity index (χ2n) is 5.06. The van der Waals surface area contributed by atoms with Gasteiger partial charge >= 0.3 is 5.97 Å². The molecule has 7 heteroatoms. The van der Waals surface area contributed by atoms with Gasteiger partial charge in [0, 0.05) is 5.57 Å². The van der Waals surface area contributed by atoms with Crippen molar-refractivity contribution in [3.63, 3.8) is 0 Å². The molecule has 5 nitrogen and oxygen atoms in total. The molecule has 0 radical (unpaired) electrons. The minimum Gasteiger partial charge on any atom is -0.433 e. The predicted octanol–water partition coefficient (Wildman–Crippen LogP) is 2.15. The van der Waals surface area contributed by atoms with Gasteiger partial charge in [-0.15, -0.1) is 0 Å². The predicted molar refractivity (Wildman–Crippen MR) is 81.0 cm³/mol. The summed E-state index contributed by atoms with van der Waals surface area (Å²) < 4.78 is 40.6. The van der Waals surface area contributed by atoms with E-state index < -0.39 is 27.7 Å². The third-order valence-electron chi connectivity index (χ3n) is 3.57. The van der Waals surface area contributed by atoms with Gasteiger partial charge in [0.2, 0.25) is 10.0 Å². The molecular weight excluding hydrogens is 321 g/mol. The van der Waals surface area contributed by atoms with Crippen LogP contribution in [0, 0.1) is 5.82 Å². The van der Waals surface area contributed by atoms with Gasteiger partial charge in [-0.05, 0) is 35.4 Å². The maximum Gasteiger partial charge on any atom is 0.322 e. The van der Waals surface area contributed by atoms with Gasteiger partial charge in [0.05, 0.1) is 11.2 Å². The third kappa shape index (κ3) is 3.01. The van der Waals surface area contributed by atoms with E-state index in [1.165, 1.54) is 42.7 Å². The normalized spacial score (nSPS) is 17.7. The lowest BCUT2D eigenvalue weighted by molar-refractivity contribution is -0.136. The first kappa shape index (κ1) is 15.4. The zero-order valence-electron chi connectivity index (χ0n) is 11.8. The molecule has 0 fully saturated rings. The van der Waals surface area contributed by atoms with E-state index in [2.05, 4.69) is 0 Å². The van der Waals surface area contributed by atoms with Crippen LogP contribution in [-0.2, 0) is 19.6 Å². The van der Waals surface area contributed by atoms with Gasteiger partial charge in [0.1, 0.15) is 11.7 Å². The minimum atomic E-state index is -3.78. The summed E-state index contributed by atoms with van der Waals surface area (Å²) in [4.78, 5) is 12.0. The van der Waals surface area contributed by atoms with Crippen molar-refractivity contribution in [3.05, 3.63) is 71.7 Å². The van der Waals surface area contributed by atoms with E-state index in [4.69, 9.17) is 9.88 Å². The zero-order valence-corrected chi connectivity index (χ0v) is 12.6. The van der Waals surface area contributed by atoms with Gasteiger partial charge in [-0.2, -0.15) is 0 Å². The number of carbonyl (C=O) groups is 1. The fraction of sp³-hybridized carbons (Fsp3) is 0.0625. The molecule has 2 N–H and O–H groups in total. The number of ether oxygens (including phenoxy) is 1. The van der Waals surface area contributed by atoms with Gasteiger partial charge in [-0.1, -0.05) is 24.3 Å². The fourth-order valence-electron chi connectivity index (χ4n) is 2.43. The van der Waals surface area contributed by atoms with Crippen LogP contribution in [0.15, 0.2) is 59.7 Å². The van der Waals surface area contributed by atoms with Crippen LogP contribution in [0.4, 0.5) is 4.39 Å². The van der Waals surface area contributed by atoms with Crippen molar-refractivity contribution in [3.8, 4) is 0 Å². The van der Waals surface area contributed by atoms with E-state index in [0.29, 0.717) is 16.7 Å². The van der Waals surface area contributed by atoms with Crippen molar-refractivity contribution in [1.82, 2.24) is 0 Å². The molecule has 1 atom stereocenters. The van der Waals surface area contributed by atoms with Crippen LogP contribution in [0.2, 0.25) is 0 Å². The number of hydrogen-bond donors (Lipinski definition) is 1. The first-order valence-electron chi connectivity index (χ1n) is 6.65. The lowest BCUT2D eigenvalue weighted by atomic mass is 9.89. The Hall–Kier alpha value is -2.51. The largest absolute Gasteiger partial charge is 0.433 e. The van der Waals surface area contributed by atoms with Crippen LogP contribution in [0.3, 0.4) is 0 Å². The summed E-state index contributed by atoms with van der Waals surface area (Å²) >= 11 is 0. The fourth-order valence-corrected chi connectivity index (χ4v) is 2.94. The Bertz CT molecular complexity index is 887. The SMILES string of the molecule is NS(=O)(=O)c1ccc(C2=COC(=O)C2c2ccc(F)cc2)cc1. The standard InChI is InChI=1S/C16H12FNO4S/c17-12-5-1-11(2-6-12)15-14(9-22-16(15)19)10-3-7-13(8-4-10)23(18,20)21/h1-9,15H,(H2,18,20,21). The highest BCUT2D eigenvalue weighted by Crippen LogP contribution is 2.37. The van der Waals surface area contributed by atoms with Gasteiger partial charge < -0.3 is 4.74 Å². The summed E-state index contributed by atoms with van der Waals surface area (Å²) in [6.07, 6.45) is 1.32. The summed E-state index contributed by atoms with van der Waals surface area (Å²) in [6.45, 7) is 0. The van der Waals surface area contributed by atoms with E-state index in [-0.39, 0.29) is 4.90 Å². The molecule has 0 saturated carbocycles. The second-order valence-corrected chi connectivity index (χ2v) is 6.63. The average molecular weight is 333 g/mol. The van der Waals surface area contributed by atoms with Crippen molar-refractivity contribution in [2.45, 2.75) is 10.8 Å². The number of sulfonamides is 1. The number of cyclic esters (lactones) is 1. The summed E-state index contributed by atoms with van der Waals surface area (Å²) in [5.41, 5.74) is 1.79. The Balaban J connectivity index is 1.98.